The largest absolute Gasteiger partial charge is 0.355 e. The van der Waals surface area contributed by atoms with Crippen LogP contribution in [0.2, 0.25) is 0 Å². The maximum atomic E-state index is 12.2. The fourth-order valence-electron chi connectivity index (χ4n) is 3.71. The van der Waals surface area contributed by atoms with Crippen molar-refractivity contribution in [3.63, 3.8) is 0 Å². The van der Waals surface area contributed by atoms with Crippen molar-refractivity contribution in [3.05, 3.63) is 65.2 Å². The van der Waals surface area contributed by atoms with Crippen molar-refractivity contribution in [2.75, 3.05) is 39.3 Å². The Balaban J connectivity index is 1.13. The van der Waals surface area contributed by atoms with Crippen LogP contribution in [-0.4, -0.2) is 60.0 Å². The Morgan fingerprint density at radius 2 is 1.69 bits per heavy atom. The van der Waals surface area contributed by atoms with Gasteiger partial charge in [0.15, 0.2) is 0 Å². The van der Waals surface area contributed by atoms with E-state index >= 15 is 0 Å². The van der Waals surface area contributed by atoms with Gasteiger partial charge in [0.25, 0.3) is 0 Å². The van der Waals surface area contributed by atoms with Gasteiger partial charge in [0.05, 0.1) is 23.3 Å². The van der Waals surface area contributed by atoms with Gasteiger partial charge in [0, 0.05) is 32.7 Å². The van der Waals surface area contributed by atoms with Crippen LogP contribution in [0.5, 0.6) is 0 Å². The van der Waals surface area contributed by atoms with Gasteiger partial charge in [-0.05, 0) is 30.5 Å². The highest BCUT2D eigenvalue weighted by Gasteiger charge is 2.19. The molecule has 0 bridgehead atoms. The van der Waals surface area contributed by atoms with Crippen LogP contribution < -0.4 is 5.32 Å². The molecule has 0 atom stereocenters. The summed E-state index contributed by atoms with van der Waals surface area (Å²) >= 11 is 1.78. The number of nitrogens with zero attached hydrogens (tertiary/aromatic N) is 3. The van der Waals surface area contributed by atoms with Crippen molar-refractivity contribution in [1.82, 2.24) is 20.1 Å². The first-order chi connectivity index (χ1) is 14.3. The summed E-state index contributed by atoms with van der Waals surface area (Å²) in [5.41, 5.74) is 2.42. The summed E-state index contributed by atoms with van der Waals surface area (Å²) < 4.78 is 1.25. The van der Waals surface area contributed by atoms with Gasteiger partial charge in [0.1, 0.15) is 5.01 Å². The van der Waals surface area contributed by atoms with E-state index in [2.05, 4.69) is 57.6 Å². The fourth-order valence-corrected chi connectivity index (χ4v) is 4.72. The van der Waals surface area contributed by atoms with Crippen LogP contribution in [0.15, 0.2) is 54.6 Å². The molecule has 29 heavy (non-hydrogen) atoms. The van der Waals surface area contributed by atoms with Crippen molar-refractivity contribution in [1.29, 1.82) is 0 Å². The van der Waals surface area contributed by atoms with Crippen LogP contribution in [0.3, 0.4) is 0 Å². The molecule has 1 fully saturated rings. The fraction of sp³-hybridized carbons (Fsp3) is 0.391. The van der Waals surface area contributed by atoms with E-state index in [9.17, 15) is 4.79 Å². The molecule has 1 N–H and O–H groups in total. The van der Waals surface area contributed by atoms with Crippen LogP contribution >= 0.6 is 11.3 Å². The quantitative estimate of drug-likeness (QED) is 0.582. The van der Waals surface area contributed by atoms with E-state index in [1.54, 1.807) is 11.3 Å². The van der Waals surface area contributed by atoms with E-state index in [-0.39, 0.29) is 5.91 Å². The second kappa shape index (κ2) is 9.96. The first kappa shape index (κ1) is 20.0. The molecule has 0 spiro atoms. The average molecular weight is 409 g/mol. The summed E-state index contributed by atoms with van der Waals surface area (Å²) in [4.78, 5) is 21.6. The molecule has 0 unspecified atom stereocenters. The Labute approximate surface area is 176 Å². The van der Waals surface area contributed by atoms with Gasteiger partial charge in [-0.2, -0.15) is 0 Å². The number of carbonyl (C=O) groups excluding carboxylic acids is 1. The molecular formula is C23H28N4OS. The highest BCUT2D eigenvalue weighted by molar-refractivity contribution is 7.18. The van der Waals surface area contributed by atoms with Crippen LogP contribution in [0.1, 0.15) is 17.0 Å². The summed E-state index contributed by atoms with van der Waals surface area (Å²) in [6.07, 6.45) is 1.98. The normalized spacial score (nSPS) is 15.6. The third kappa shape index (κ3) is 5.85. The molecule has 5 nitrogen and oxygen atoms in total. The SMILES string of the molecule is O=C(CN1CCN(Cc2nc3ccccc3s2)CC1)NCCCc1ccccc1. The number of fused-ring (bicyclic) bond motifs is 1. The van der Waals surface area contributed by atoms with E-state index in [4.69, 9.17) is 4.98 Å². The number of hydrogen-bond acceptors (Lipinski definition) is 5. The van der Waals surface area contributed by atoms with E-state index in [1.165, 1.54) is 15.3 Å². The molecule has 2 heterocycles. The maximum absolute atomic E-state index is 12.2. The number of benzene rings is 2. The molecule has 1 saturated heterocycles. The topological polar surface area (TPSA) is 48.5 Å². The highest BCUT2D eigenvalue weighted by Crippen LogP contribution is 2.22. The lowest BCUT2D eigenvalue weighted by molar-refractivity contribution is -0.122. The molecule has 1 aromatic heterocycles. The van der Waals surface area contributed by atoms with E-state index < -0.39 is 0 Å². The van der Waals surface area contributed by atoms with Gasteiger partial charge in [-0.1, -0.05) is 42.5 Å². The van der Waals surface area contributed by atoms with Crippen LogP contribution in [-0.2, 0) is 17.8 Å². The summed E-state index contributed by atoms with van der Waals surface area (Å²) in [5.74, 6) is 0.137. The summed E-state index contributed by atoms with van der Waals surface area (Å²) in [6.45, 7) is 5.98. The highest BCUT2D eigenvalue weighted by atomic mass is 32.1. The lowest BCUT2D eigenvalue weighted by Gasteiger charge is -2.33. The number of carbonyl (C=O) groups is 1. The van der Waals surface area contributed by atoms with Gasteiger partial charge < -0.3 is 5.32 Å². The Kier molecular flexibility index (Phi) is 6.87. The van der Waals surface area contributed by atoms with Crippen molar-refractivity contribution in [2.45, 2.75) is 19.4 Å². The molecule has 0 radical (unpaired) electrons. The summed E-state index contributed by atoms with van der Waals surface area (Å²) in [6, 6.07) is 18.7. The number of hydrogen-bond donors (Lipinski definition) is 1. The van der Waals surface area contributed by atoms with Gasteiger partial charge in [0.2, 0.25) is 5.91 Å². The molecule has 0 aliphatic carbocycles. The Morgan fingerprint density at radius 3 is 2.48 bits per heavy atom. The number of aromatic nitrogens is 1. The number of nitrogens with one attached hydrogen (secondary N) is 1. The zero-order valence-corrected chi connectivity index (χ0v) is 17.5. The molecule has 2 aromatic carbocycles. The number of aryl methyl sites for hydroxylation is 1. The first-order valence-electron chi connectivity index (χ1n) is 10.4. The van der Waals surface area contributed by atoms with Gasteiger partial charge in [-0.15, -0.1) is 11.3 Å². The Bertz CT molecular complexity index is 886. The third-order valence-corrected chi connectivity index (χ3v) is 6.36. The maximum Gasteiger partial charge on any atom is 0.234 e. The number of amides is 1. The first-order valence-corrected chi connectivity index (χ1v) is 11.2. The zero-order chi connectivity index (χ0) is 19.9. The standard InChI is InChI=1S/C23H28N4OS/c28-22(24-12-6-9-19-7-2-1-3-8-19)17-26-13-15-27(16-14-26)18-23-25-20-10-4-5-11-21(20)29-23/h1-5,7-8,10-11H,6,9,12-18H2,(H,24,28). The van der Waals surface area contributed by atoms with Crippen molar-refractivity contribution in [2.24, 2.45) is 0 Å². The lowest BCUT2D eigenvalue weighted by atomic mass is 10.1. The van der Waals surface area contributed by atoms with Crippen molar-refractivity contribution >= 4 is 27.5 Å². The van der Waals surface area contributed by atoms with Gasteiger partial charge >= 0.3 is 0 Å². The third-order valence-electron chi connectivity index (χ3n) is 5.34. The van der Waals surface area contributed by atoms with Gasteiger partial charge in [-0.25, -0.2) is 4.98 Å². The number of para-hydroxylation sites is 1. The minimum atomic E-state index is 0.137. The van der Waals surface area contributed by atoms with E-state index in [0.29, 0.717) is 6.54 Å². The van der Waals surface area contributed by atoms with Gasteiger partial charge in [-0.3, -0.25) is 14.6 Å². The predicted octanol–water partition coefficient (Wildman–Crippen LogP) is 3.16. The molecular weight excluding hydrogens is 380 g/mol. The predicted molar refractivity (Wildman–Crippen MR) is 119 cm³/mol. The molecule has 3 aromatic rings. The molecule has 6 heteroatoms. The second-order valence-electron chi connectivity index (χ2n) is 7.57. The van der Waals surface area contributed by atoms with E-state index in [0.717, 1.165) is 57.6 Å². The molecule has 1 aliphatic rings. The monoisotopic (exact) mass is 408 g/mol. The Hall–Kier alpha value is -2.28. The Morgan fingerprint density at radius 1 is 0.966 bits per heavy atom. The van der Waals surface area contributed by atoms with E-state index in [1.807, 2.05) is 12.1 Å². The van der Waals surface area contributed by atoms with Crippen molar-refractivity contribution < 1.29 is 4.79 Å². The van der Waals surface area contributed by atoms with Crippen molar-refractivity contribution in [3.8, 4) is 0 Å². The van der Waals surface area contributed by atoms with Crippen LogP contribution in [0, 0.1) is 0 Å². The zero-order valence-electron chi connectivity index (χ0n) is 16.7. The van der Waals surface area contributed by atoms with Crippen LogP contribution in [0.25, 0.3) is 10.2 Å². The smallest absolute Gasteiger partial charge is 0.234 e. The minimum absolute atomic E-state index is 0.137. The molecule has 1 amide bonds. The number of rotatable bonds is 8. The molecule has 4 rings (SSSR count). The second-order valence-corrected chi connectivity index (χ2v) is 8.68. The number of thiazole rings is 1. The molecule has 1 aliphatic heterocycles. The van der Waals surface area contributed by atoms with Crippen LogP contribution in [0.4, 0.5) is 0 Å². The summed E-state index contributed by atoms with van der Waals surface area (Å²) in [5, 5.41) is 4.24. The molecule has 0 saturated carbocycles. The number of piperazine rings is 1. The lowest BCUT2D eigenvalue weighted by Crippen LogP contribution is -2.49. The average Bonchev–Trinajstić information content (AvgIpc) is 3.16. The molecule has 152 valence electrons. The summed E-state index contributed by atoms with van der Waals surface area (Å²) in [7, 11) is 0. The minimum Gasteiger partial charge on any atom is -0.355 e.